The topological polar surface area (TPSA) is 29.5 Å². The Hall–Kier alpha value is -0.990. The Morgan fingerprint density at radius 3 is 2.11 bits per heavy atom. The average Bonchev–Trinajstić information content (AvgIpc) is 2.49. The SMILES string of the molecule is OCP(=S)(COCc1ccccc1)c1ccccc1. The van der Waals surface area contributed by atoms with E-state index in [1.54, 1.807) is 0 Å². The van der Waals surface area contributed by atoms with Crippen molar-refractivity contribution in [2.24, 2.45) is 0 Å². The van der Waals surface area contributed by atoms with Crippen molar-refractivity contribution in [2.75, 3.05) is 12.7 Å². The normalized spacial score (nSPS) is 13.9. The summed E-state index contributed by atoms with van der Waals surface area (Å²) in [6, 6.07) is 17.8. The molecule has 0 heterocycles. The van der Waals surface area contributed by atoms with Crippen molar-refractivity contribution in [3.8, 4) is 0 Å². The molecule has 0 fully saturated rings. The molecule has 0 saturated carbocycles. The van der Waals surface area contributed by atoms with Gasteiger partial charge in [-0.3, -0.25) is 0 Å². The van der Waals surface area contributed by atoms with Crippen molar-refractivity contribution in [3.63, 3.8) is 0 Å². The van der Waals surface area contributed by atoms with Gasteiger partial charge in [0.05, 0.1) is 19.3 Å². The zero-order valence-corrected chi connectivity index (χ0v) is 12.3. The molecule has 2 rings (SSSR count). The Morgan fingerprint density at radius 1 is 0.947 bits per heavy atom. The summed E-state index contributed by atoms with van der Waals surface area (Å²) in [6.07, 6.45) is 0.429. The largest absolute Gasteiger partial charge is 0.391 e. The van der Waals surface area contributed by atoms with E-state index in [1.165, 1.54) is 0 Å². The maximum absolute atomic E-state index is 9.60. The second-order valence-electron chi connectivity index (χ2n) is 4.33. The molecule has 100 valence electrons. The third-order valence-corrected chi connectivity index (χ3v) is 6.46. The minimum atomic E-state index is -2.02. The number of aliphatic hydroxyl groups is 1. The fourth-order valence-electron chi connectivity index (χ4n) is 1.78. The van der Waals surface area contributed by atoms with Gasteiger partial charge in [0, 0.05) is 6.04 Å². The summed E-state index contributed by atoms with van der Waals surface area (Å²) in [5.41, 5.74) is 1.12. The van der Waals surface area contributed by atoms with Crippen LogP contribution in [0.25, 0.3) is 0 Å². The van der Waals surface area contributed by atoms with Gasteiger partial charge < -0.3 is 9.84 Å². The highest BCUT2D eigenvalue weighted by atomic mass is 32.4. The van der Waals surface area contributed by atoms with Crippen molar-refractivity contribution in [1.29, 1.82) is 0 Å². The van der Waals surface area contributed by atoms with E-state index >= 15 is 0 Å². The van der Waals surface area contributed by atoms with Crippen molar-refractivity contribution < 1.29 is 9.84 Å². The highest BCUT2D eigenvalue weighted by molar-refractivity contribution is 8.18. The van der Waals surface area contributed by atoms with Gasteiger partial charge in [-0.1, -0.05) is 72.5 Å². The maximum atomic E-state index is 9.60. The number of rotatable bonds is 6. The molecule has 0 saturated heterocycles. The van der Waals surface area contributed by atoms with Gasteiger partial charge in [-0.05, 0) is 10.9 Å². The lowest BCUT2D eigenvalue weighted by atomic mass is 10.2. The van der Waals surface area contributed by atoms with E-state index in [0.29, 0.717) is 13.0 Å². The molecule has 0 radical (unpaired) electrons. The Labute approximate surface area is 119 Å². The molecule has 1 unspecified atom stereocenters. The van der Waals surface area contributed by atoms with Crippen LogP contribution in [-0.2, 0) is 23.2 Å². The Bertz CT molecular complexity index is 543. The van der Waals surface area contributed by atoms with Crippen LogP contribution in [0.5, 0.6) is 0 Å². The number of benzene rings is 2. The summed E-state index contributed by atoms with van der Waals surface area (Å²) in [4.78, 5) is 0. The van der Waals surface area contributed by atoms with Gasteiger partial charge >= 0.3 is 0 Å². The summed E-state index contributed by atoms with van der Waals surface area (Å²) in [6.45, 7) is 0.534. The maximum Gasteiger partial charge on any atom is 0.0815 e. The molecule has 0 spiro atoms. The summed E-state index contributed by atoms with van der Waals surface area (Å²) in [5.74, 6) is 0. The quantitative estimate of drug-likeness (QED) is 0.830. The van der Waals surface area contributed by atoms with Crippen molar-refractivity contribution in [3.05, 3.63) is 66.2 Å². The molecule has 2 aromatic rings. The smallest absolute Gasteiger partial charge is 0.0815 e. The van der Waals surface area contributed by atoms with Crippen molar-refractivity contribution >= 4 is 23.1 Å². The van der Waals surface area contributed by atoms with E-state index in [1.807, 2.05) is 60.7 Å². The molecule has 0 aliphatic carbocycles. The summed E-state index contributed by atoms with van der Waals surface area (Å²) < 4.78 is 5.72. The first-order valence-electron chi connectivity index (χ1n) is 6.11. The van der Waals surface area contributed by atoms with Gasteiger partial charge in [0.25, 0.3) is 0 Å². The highest BCUT2D eigenvalue weighted by Gasteiger charge is 2.18. The lowest BCUT2D eigenvalue weighted by Gasteiger charge is -2.20. The Morgan fingerprint density at radius 2 is 1.53 bits per heavy atom. The lowest BCUT2D eigenvalue weighted by Crippen LogP contribution is -2.12. The molecule has 2 aromatic carbocycles. The van der Waals surface area contributed by atoms with E-state index in [4.69, 9.17) is 16.5 Å². The van der Waals surface area contributed by atoms with Crippen LogP contribution in [0.1, 0.15) is 5.56 Å². The summed E-state index contributed by atoms with van der Waals surface area (Å²) in [7, 11) is 0. The summed E-state index contributed by atoms with van der Waals surface area (Å²) >= 11 is 5.62. The fourth-order valence-corrected chi connectivity index (χ4v) is 3.87. The van der Waals surface area contributed by atoms with Crippen LogP contribution in [0.3, 0.4) is 0 Å². The fraction of sp³-hybridized carbons (Fsp3) is 0.200. The third kappa shape index (κ3) is 3.99. The molecule has 4 heteroatoms. The van der Waals surface area contributed by atoms with Crippen LogP contribution in [0, 0.1) is 0 Å². The molecule has 0 aliphatic heterocycles. The van der Waals surface area contributed by atoms with E-state index in [-0.39, 0.29) is 6.35 Å². The molecular weight excluding hydrogens is 275 g/mol. The second-order valence-corrected chi connectivity index (χ2v) is 9.26. The first-order valence-corrected chi connectivity index (χ1v) is 9.28. The van der Waals surface area contributed by atoms with Gasteiger partial charge in [0.15, 0.2) is 0 Å². The second kappa shape index (κ2) is 6.97. The predicted molar refractivity (Wildman–Crippen MR) is 83.5 cm³/mol. The standard InChI is InChI=1S/C15H17O2PS/c16-12-18(19,15-9-5-2-6-10-15)13-17-11-14-7-3-1-4-8-14/h1-10,16H,11-13H2. The molecule has 0 aromatic heterocycles. The molecule has 1 N–H and O–H groups in total. The number of hydrogen-bond donors (Lipinski definition) is 1. The predicted octanol–water partition coefficient (Wildman–Crippen LogP) is 2.92. The van der Waals surface area contributed by atoms with E-state index < -0.39 is 6.04 Å². The molecule has 0 bridgehead atoms. The van der Waals surface area contributed by atoms with Crippen LogP contribution >= 0.6 is 6.04 Å². The average molecular weight is 292 g/mol. The van der Waals surface area contributed by atoms with E-state index in [9.17, 15) is 5.11 Å². The highest BCUT2D eigenvalue weighted by Crippen LogP contribution is 2.43. The van der Waals surface area contributed by atoms with Gasteiger partial charge in [-0.2, -0.15) is 0 Å². The van der Waals surface area contributed by atoms with Crippen LogP contribution in [0.2, 0.25) is 0 Å². The monoisotopic (exact) mass is 292 g/mol. The third-order valence-electron chi connectivity index (χ3n) is 2.87. The van der Waals surface area contributed by atoms with Gasteiger partial charge in [-0.15, -0.1) is 0 Å². The van der Waals surface area contributed by atoms with Crippen molar-refractivity contribution in [1.82, 2.24) is 0 Å². The van der Waals surface area contributed by atoms with Crippen LogP contribution < -0.4 is 5.30 Å². The van der Waals surface area contributed by atoms with Crippen LogP contribution in [0.15, 0.2) is 60.7 Å². The van der Waals surface area contributed by atoms with Crippen molar-refractivity contribution in [2.45, 2.75) is 6.61 Å². The summed E-state index contributed by atoms with van der Waals surface area (Å²) in [5, 5.41) is 10.6. The van der Waals surface area contributed by atoms with Gasteiger partial charge in [-0.25, -0.2) is 0 Å². The Balaban J connectivity index is 1.98. The van der Waals surface area contributed by atoms with Gasteiger partial charge in [0.1, 0.15) is 0 Å². The minimum Gasteiger partial charge on any atom is -0.391 e. The number of hydrogen-bond acceptors (Lipinski definition) is 3. The molecule has 2 nitrogen and oxygen atoms in total. The zero-order chi connectivity index (χ0) is 13.6. The molecular formula is C15H17O2PS. The first kappa shape index (κ1) is 14.4. The number of ether oxygens (including phenoxy) is 1. The number of aliphatic hydroxyl groups excluding tert-OH is 1. The van der Waals surface area contributed by atoms with Gasteiger partial charge in [0.2, 0.25) is 0 Å². The van der Waals surface area contributed by atoms with Crippen LogP contribution in [-0.4, -0.2) is 17.8 Å². The molecule has 1 atom stereocenters. The molecule has 19 heavy (non-hydrogen) atoms. The molecule has 0 amide bonds. The zero-order valence-electron chi connectivity index (χ0n) is 10.6. The minimum absolute atomic E-state index is 0.00113. The first-order chi connectivity index (χ1) is 9.24. The van der Waals surface area contributed by atoms with E-state index in [0.717, 1.165) is 10.9 Å². The lowest BCUT2D eigenvalue weighted by molar-refractivity contribution is 0.164. The Kier molecular flexibility index (Phi) is 5.29. The van der Waals surface area contributed by atoms with E-state index in [2.05, 4.69) is 0 Å². The molecule has 0 aliphatic rings. The van der Waals surface area contributed by atoms with Crippen LogP contribution in [0.4, 0.5) is 0 Å².